The van der Waals surface area contributed by atoms with E-state index in [0.717, 1.165) is 25.9 Å². The fourth-order valence-corrected chi connectivity index (χ4v) is 2.95. The SMILES string of the molecule is C[C@H](Cl)C(=O)N1CCC(N2CCCC2)CC1. The molecule has 0 unspecified atom stereocenters. The van der Waals surface area contributed by atoms with Crippen LogP contribution in [0.2, 0.25) is 0 Å². The zero-order valence-corrected chi connectivity index (χ0v) is 10.7. The zero-order chi connectivity index (χ0) is 11.5. The van der Waals surface area contributed by atoms with E-state index in [1.165, 1.54) is 25.9 Å². The fourth-order valence-electron chi connectivity index (χ4n) is 2.81. The second kappa shape index (κ2) is 5.37. The summed E-state index contributed by atoms with van der Waals surface area (Å²) in [7, 11) is 0. The standard InChI is InChI=1S/C12H21ClN2O/c1-10(13)12(16)15-8-4-11(5-9-15)14-6-2-3-7-14/h10-11H,2-9H2,1H3/t10-/m0/s1. The van der Waals surface area contributed by atoms with E-state index in [4.69, 9.17) is 11.6 Å². The lowest BCUT2D eigenvalue weighted by Gasteiger charge is -2.37. The number of hydrogen-bond acceptors (Lipinski definition) is 2. The summed E-state index contributed by atoms with van der Waals surface area (Å²) in [5, 5.41) is -0.372. The fraction of sp³-hybridized carbons (Fsp3) is 0.917. The Labute approximate surface area is 103 Å². The monoisotopic (exact) mass is 244 g/mol. The average Bonchev–Trinajstić information content (AvgIpc) is 2.81. The summed E-state index contributed by atoms with van der Waals surface area (Å²) in [4.78, 5) is 16.2. The Morgan fingerprint density at radius 2 is 1.75 bits per heavy atom. The quantitative estimate of drug-likeness (QED) is 0.691. The maximum atomic E-state index is 11.7. The second-order valence-corrected chi connectivity index (χ2v) is 5.57. The van der Waals surface area contributed by atoms with Crippen molar-refractivity contribution >= 4 is 17.5 Å². The molecule has 0 bridgehead atoms. The third-order valence-corrected chi connectivity index (χ3v) is 3.96. The first-order valence-corrected chi connectivity index (χ1v) is 6.79. The van der Waals surface area contributed by atoms with Gasteiger partial charge in [0.1, 0.15) is 5.38 Å². The molecule has 0 spiro atoms. The first-order chi connectivity index (χ1) is 7.68. The Balaban J connectivity index is 1.80. The number of carbonyl (C=O) groups is 1. The van der Waals surface area contributed by atoms with Gasteiger partial charge in [0.05, 0.1) is 0 Å². The smallest absolute Gasteiger partial charge is 0.240 e. The van der Waals surface area contributed by atoms with Gasteiger partial charge in [0, 0.05) is 19.1 Å². The largest absolute Gasteiger partial charge is 0.341 e. The summed E-state index contributed by atoms with van der Waals surface area (Å²) >= 11 is 5.82. The summed E-state index contributed by atoms with van der Waals surface area (Å²) in [5.74, 6) is 0.0986. The predicted octanol–water partition coefficient (Wildman–Crippen LogP) is 1.70. The summed E-state index contributed by atoms with van der Waals surface area (Å²) < 4.78 is 0. The Kier molecular flexibility index (Phi) is 4.09. The van der Waals surface area contributed by atoms with Gasteiger partial charge in [0.25, 0.3) is 0 Å². The Hall–Kier alpha value is -0.280. The number of nitrogens with zero attached hydrogens (tertiary/aromatic N) is 2. The lowest BCUT2D eigenvalue weighted by molar-refractivity contribution is -0.132. The van der Waals surface area contributed by atoms with E-state index in [9.17, 15) is 4.79 Å². The van der Waals surface area contributed by atoms with E-state index in [1.54, 1.807) is 6.92 Å². The van der Waals surface area contributed by atoms with Gasteiger partial charge in [-0.25, -0.2) is 0 Å². The third kappa shape index (κ3) is 2.69. The van der Waals surface area contributed by atoms with E-state index in [1.807, 2.05) is 4.90 Å². The van der Waals surface area contributed by atoms with Crippen LogP contribution in [0.1, 0.15) is 32.6 Å². The van der Waals surface area contributed by atoms with Gasteiger partial charge in [-0.05, 0) is 45.7 Å². The van der Waals surface area contributed by atoms with Gasteiger partial charge in [-0.15, -0.1) is 11.6 Å². The van der Waals surface area contributed by atoms with Gasteiger partial charge in [-0.2, -0.15) is 0 Å². The summed E-state index contributed by atoms with van der Waals surface area (Å²) in [6, 6.07) is 0.706. The molecule has 1 amide bonds. The molecule has 0 aromatic heterocycles. The number of hydrogen-bond donors (Lipinski definition) is 0. The van der Waals surface area contributed by atoms with E-state index in [-0.39, 0.29) is 11.3 Å². The molecule has 0 N–H and O–H groups in total. The molecule has 2 fully saturated rings. The van der Waals surface area contributed by atoms with Gasteiger partial charge >= 0.3 is 0 Å². The molecule has 16 heavy (non-hydrogen) atoms. The predicted molar refractivity (Wildman–Crippen MR) is 65.7 cm³/mol. The molecule has 3 nitrogen and oxygen atoms in total. The van der Waals surface area contributed by atoms with Crippen molar-refractivity contribution in [1.82, 2.24) is 9.80 Å². The first-order valence-electron chi connectivity index (χ1n) is 6.35. The van der Waals surface area contributed by atoms with Crippen molar-refractivity contribution in [3.05, 3.63) is 0 Å². The van der Waals surface area contributed by atoms with Crippen LogP contribution >= 0.6 is 11.6 Å². The Morgan fingerprint density at radius 3 is 2.25 bits per heavy atom. The van der Waals surface area contributed by atoms with Crippen LogP contribution in [0, 0.1) is 0 Å². The van der Waals surface area contributed by atoms with Crippen LogP contribution in [-0.4, -0.2) is 53.3 Å². The maximum Gasteiger partial charge on any atom is 0.240 e. The number of likely N-dealkylation sites (tertiary alicyclic amines) is 2. The van der Waals surface area contributed by atoms with Crippen LogP contribution in [-0.2, 0) is 4.79 Å². The van der Waals surface area contributed by atoms with Gasteiger partial charge < -0.3 is 9.80 Å². The van der Waals surface area contributed by atoms with Crippen molar-refractivity contribution in [3.63, 3.8) is 0 Å². The lowest BCUT2D eigenvalue weighted by Crippen LogP contribution is -2.47. The molecule has 0 saturated carbocycles. The molecule has 0 aliphatic carbocycles. The molecule has 1 atom stereocenters. The normalized spacial score (nSPS) is 26.0. The molecular formula is C12H21ClN2O. The Bertz CT molecular complexity index is 243. The highest BCUT2D eigenvalue weighted by Gasteiger charge is 2.29. The second-order valence-electron chi connectivity index (χ2n) is 4.92. The van der Waals surface area contributed by atoms with Crippen LogP contribution in [0.5, 0.6) is 0 Å². The summed E-state index contributed by atoms with van der Waals surface area (Å²) in [6.45, 7) is 6.04. The molecule has 2 saturated heterocycles. The minimum atomic E-state index is -0.372. The van der Waals surface area contributed by atoms with Crippen LogP contribution in [0.4, 0.5) is 0 Å². The molecule has 0 radical (unpaired) electrons. The van der Waals surface area contributed by atoms with Gasteiger partial charge in [0.2, 0.25) is 5.91 Å². The van der Waals surface area contributed by atoms with Crippen molar-refractivity contribution in [2.75, 3.05) is 26.2 Å². The molecule has 2 rings (SSSR count). The van der Waals surface area contributed by atoms with E-state index >= 15 is 0 Å². The molecule has 92 valence electrons. The van der Waals surface area contributed by atoms with Crippen LogP contribution in [0.15, 0.2) is 0 Å². The molecule has 2 aliphatic rings. The van der Waals surface area contributed by atoms with Gasteiger partial charge in [0.15, 0.2) is 0 Å². The summed E-state index contributed by atoms with van der Waals surface area (Å²) in [6.07, 6.45) is 4.93. The summed E-state index contributed by atoms with van der Waals surface area (Å²) in [5.41, 5.74) is 0. The molecule has 2 aliphatic heterocycles. The van der Waals surface area contributed by atoms with Gasteiger partial charge in [-0.1, -0.05) is 0 Å². The number of carbonyl (C=O) groups excluding carboxylic acids is 1. The van der Waals surface area contributed by atoms with E-state index in [2.05, 4.69) is 4.90 Å². The minimum absolute atomic E-state index is 0.0986. The highest BCUT2D eigenvalue weighted by molar-refractivity contribution is 6.30. The van der Waals surface area contributed by atoms with Crippen molar-refractivity contribution in [2.45, 2.75) is 44.0 Å². The number of piperidine rings is 1. The average molecular weight is 245 g/mol. The molecule has 4 heteroatoms. The number of rotatable bonds is 2. The van der Waals surface area contributed by atoms with Crippen LogP contribution in [0.25, 0.3) is 0 Å². The van der Waals surface area contributed by atoms with Crippen molar-refractivity contribution in [3.8, 4) is 0 Å². The third-order valence-electron chi connectivity index (χ3n) is 3.77. The topological polar surface area (TPSA) is 23.6 Å². The molecule has 0 aromatic rings. The zero-order valence-electron chi connectivity index (χ0n) is 9.99. The van der Waals surface area contributed by atoms with Crippen LogP contribution in [0.3, 0.4) is 0 Å². The first kappa shape index (κ1) is 12.2. The van der Waals surface area contributed by atoms with Crippen molar-refractivity contribution < 1.29 is 4.79 Å². The highest BCUT2D eigenvalue weighted by atomic mass is 35.5. The molecular weight excluding hydrogens is 224 g/mol. The Morgan fingerprint density at radius 1 is 1.19 bits per heavy atom. The number of alkyl halides is 1. The van der Waals surface area contributed by atoms with Crippen LogP contribution < -0.4 is 0 Å². The van der Waals surface area contributed by atoms with Crippen molar-refractivity contribution in [2.24, 2.45) is 0 Å². The van der Waals surface area contributed by atoms with E-state index < -0.39 is 0 Å². The van der Waals surface area contributed by atoms with E-state index in [0.29, 0.717) is 6.04 Å². The maximum absolute atomic E-state index is 11.7. The highest BCUT2D eigenvalue weighted by Crippen LogP contribution is 2.21. The van der Waals surface area contributed by atoms with Crippen molar-refractivity contribution in [1.29, 1.82) is 0 Å². The number of halogens is 1. The molecule has 0 aromatic carbocycles. The minimum Gasteiger partial charge on any atom is -0.341 e. The molecule has 2 heterocycles. The van der Waals surface area contributed by atoms with Gasteiger partial charge in [-0.3, -0.25) is 4.79 Å². The number of amides is 1. The lowest BCUT2D eigenvalue weighted by atomic mass is 10.0.